The first-order valence-electron chi connectivity index (χ1n) is 6.38. The van der Waals surface area contributed by atoms with E-state index >= 15 is 0 Å². The van der Waals surface area contributed by atoms with Gasteiger partial charge in [0.1, 0.15) is 0 Å². The number of nitrogens with zero attached hydrogens (tertiary/aromatic N) is 1. The van der Waals surface area contributed by atoms with E-state index in [0.717, 1.165) is 18.7 Å². The molecule has 0 aliphatic carbocycles. The topological polar surface area (TPSA) is 12.5 Å². The monoisotopic (exact) mass is 287 g/mol. The van der Waals surface area contributed by atoms with Crippen LogP contribution >= 0.6 is 24.6 Å². The summed E-state index contributed by atoms with van der Waals surface area (Å²) < 4.78 is 0. The number of rotatable bonds is 2. The lowest BCUT2D eigenvalue weighted by molar-refractivity contribution is -0.0820. The van der Waals surface area contributed by atoms with E-state index in [4.69, 9.17) is 17.1 Å². The van der Waals surface area contributed by atoms with E-state index in [9.17, 15) is 0 Å². The number of piperidine rings is 1. The van der Waals surface area contributed by atoms with E-state index < -0.39 is 0 Å². The van der Waals surface area contributed by atoms with Crippen molar-refractivity contribution in [1.82, 2.24) is 5.06 Å². The maximum Gasteiger partial charge on any atom is 0.218 e. The number of hydrogen-bond donors (Lipinski definition) is 0. The highest BCUT2D eigenvalue weighted by atomic mass is 35.5. The minimum Gasteiger partial charge on any atom is -0.394 e. The van der Waals surface area contributed by atoms with Crippen LogP contribution in [0.5, 0.6) is 0 Å². The van der Waals surface area contributed by atoms with Gasteiger partial charge in [-0.1, -0.05) is 50.6 Å². The predicted octanol–water partition coefficient (Wildman–Crippen LogP) is 4.23. The summed E-state index contributed by atoms with van der Waals surface area (Å²) in [4.78, 5) is 5.64. The van der Waals surface area contributed by atoms with E-state index in [1.807, 2.05) is 49.2 Å². The minimum absolute atomic E-state index is 0. The van der Waals surface area contributed by atoms with Crippen molar-refractivity contribution >= 4 is 29.7 Å². The molecule has 0 spiro atoms. The molecule has 2 rings (SSSR count). The van der Waals surface area contributed by atoms with Crippen LogP contribution in [-0.2, 0) is 4.84 Å². The number of halogens is 1. The summed E-state index contributed by atoms with van der Waals surface area (Å²) in [7, 11) is 0. The van der Waals surface area contributed by atoms with Gasteiger partial charge in [-0.05, 0) is 25.1 Å². The van der Waals surface area contributed by atoms with Crippen molar-refractivity contribution in [2.75, 3.05) is 13.1 Å². The third-order valence-corrected chi connectivity index (χ3v) is 2.85. The summed E-state index contributed by atoms with van der Waals surface area (Å²) in [6.45, 7) is 5.99. The molecule has 1 aliphatic heterocycles. The Bertz CT molecular complexity index is 326. The van der Waals surface area contributed by atoms with Gasteiger partial charge in [0, 0.05) is 18.7 Å². The molecule has 0 saturated carbocycles. The van der Waals surface area contributed by atoms with Gasteiger partial charge in [-0.15, -0.1) is 17.5 Å². The normalized spacial score (nSPS) is 14.8. The number of benzene rings is 1. The fourth-order valence-corrected chi connectivity index (χ4v) is 1.94. The second kappa shape index (κ2) is 10.3. The van der Waals surface area contributed by atoms with Crippen molar-refractivity contribution < 1.29 is 4.84 Å². The van der Waals surface area contributed by atoms with Gasteiger partial charge in [-0.2, -0.15) is 0 Å². The van der Waals surface area contributed by atoms with Gasteiger partial charge in [0.15, 0.2) is 0 Å². The molecule has 1 saturated heterocycles. The molecule has 102 valence electrons. The zero-order valence-electron chi connectivity index (χ0n) is 11.1. The summed E-state index contributed by atoms with van der Waals surface area (Å²) in [5.74, 6) is 0. The lowest BCUT2D eigenvalue weighted by Gasteiger charge is -2.26. The second-order valence-corrected chi connectivity index (χ2v) is 4.11. The van der Waals surface area contributed by atoms with Crippen LogP contribution in [0.2, 0.25) is 0 Å². The lowest BCUT2D eigenvalue weighted by Crippen LogP contribution is -2.32. The maximum absolute atomic E-state index is 5.64. The Labute approximate surface area is 122 Å². The van der Waals surface area contributed by atoms with Gasteiger partial charge < -0.3 is 4.84 Å². The van der Waals surface area contributed by atoms with Crippen LogP contribution in [0, 0.1) is 0 Å². The Balaban J connectivity index is 0.000000917. The van der Waals surface area contributed by atoms with Crippen molar-refractivity contribution in [2.45, 2.75) is 33.1 Å². The third kappa shape index (κ3) is 5.80. The van der Waals surface area contributed by atoms with E-state index in [2.05, 4.69) is 0 Å². The molecule has 0 bridgehead atoms. The van der Waals surface area contributed by atoms with E-state index in [1.54, 1.807) is 0 Å². The molecular formula is C14H22ClNOS. The average molecular weight is 288 g/mol. The molecule has 18 heavy (non-hydrogen) atoms. The molecular weight excluding hydrogens is 266 g/mol. The van der Waals surface area contributed by atoms with Crippen molar-refractivity contribution in [2.24, 2.45) is 0 Å². The molecule has 1 aromatic rings. The van der Waals surface area contributed by atoms with Crippen LogP contribution in [0.4, 0.5) is 0 Å². The third-order valence-electron chi connectivity index (χ3n) is 2.54. The van der Waals surface area contributed by atoms with E-state index in [-0.39, 0.29) is 12.4 Å². The minimum atomic E-state index is 0. The Hall–Kier alpha value is -0.640. The van der Waals surface area contributed by atoms with Crippen LogP contribution in [0.3, 0.4) is 0 Å². The zero-order valence-corrected chi connectivity index (χ0v) is 12.7. The first-order valence-corrected chi connectivity index (χ1v) is 6.79. The standard InChI is InChI=1S/C12H15NOS.C2H6.ClH/c15-12(11-7-3-1-4-8-11)14-13-9-5-2-6-10-13;1-2;/h1,3-4,7-8H,2,5-6,9-10H2;1-2H3;1H. The number of thiocarbonyl (C=S) groups is 1. The fraction of sp³-hybridized carbons (Fsp3) is 0.500. The fourth-order valence-electron chi connectivity index (χ4n) is 1.70. The molecule has 2 nitrogen and oxygen atoms in total. The molecule has 0 atom stereocenters. The molecule has 4 heteroatoms. The predicted molar refractivity (Wildman–Crippen MR) is 83.2 cm³/mol. The van der Waals surface area contributed by atoms with Gasteiger partial charge in [-0.25, -0.2) is 0 Å². The molecule has 1 aromatic carbocycles. The number of hydrogen-bond acceptors (Lipinski definition) is 3. The van der Waals surface area contributed by atoms with Gasteiger partial charge in [0.2, 0.25) is 5.05 Å². The Morgan fingerprint density at radius 2 is 1.61 bits per heavy atom. The smallest absolute Gasteiger partial charge is 0.218 e. The zero-order chi connectivity index (χ0) is 12.5. The van der Waals surface area contributed by atoms with Crippen molar-refractivity contribution in [3.63, 3.8) is 0 Å². The molecule has 0 unspecified atom stereocenters. The summed E-state index contributed by atoms with van der Waals surface area (Å²) in [6, 6.07) is 9.88. The summed E-state index contributed by atoms with van der Waals surface area (Å²) in [5, 5.41) is 2.55. The number of hydroxylamine groups is 2. The molecule has 0 aromatic heterocycles. The highest BCUT2D eigenvalue weighted by Crippen LogP contribution is 2.11. The van der Waals surface area contributed by atoms with Crippen LogP contribution in [0.1, 0.15) is 38.7 Å². The first kappa shape index (κ1) is 17.4. The molecule has 0 amide bonds. The summed E-state index contributed by atoms with van der Waals surface area (Å²) in [5.41, 5.74) is 0.984. The molecule has 1 fully saturated rings. The largest absolute Gasteiger partial charge is 0.394 e. The van der Waals surface area contributed by atoms with Crippen LogP contribution < -0.4 is 0 Å². The highest BCUT2D eigenvalue weighted by molar-refractivity contribution is 7.80. The molecule has 1 aliphatic rings. The SMILES string of the molecule is CC.Cl.S=C(ON1CCCCC1)c1ccccc1. The van der Waals surface area contributed by atoms with Crippen molar-refractivity contribution in [3.8, 4) is 0 Å². The Kier molecular flexibility index (Phi) is 9.93. The van der Waals surface area contributed by atoms with Gasteiger partial charge in [0.05, 0.1) is 0 Å². The highest BCUT2D eigenvalue weighted by Gasteiger charge is 2.13. The average Bonchev–Trinajstić information content (AvgIpc) is 2.43. The summed E-state index contributed by atoms with van der Waals surface area (Å²) in [6.07, 6.45) is 3.72. The van der Waals surface area contributed by atoms with Gasteiger partial charge in [0.25, 0.3) is 0 Å². The van der Waals surface area contributed by atoms with Crippen molar-refractivity contribution in [3.05, 3.63) is 35.9 Å². The molecule has 0 N–H and O–H groups in total. The Morgan fingerprint density at radius 1 is 1.06 bits per heavy atom. The van der Waals surface area contributed by atoms with Crippen LogP contribution in [-0.4, -0.2) is 23.2 Å². The molecule has 0 radical (unpaired) electrons. The quantitative estimate of drug-likeness (QED) is 0.756. The summed E-state index contributed by atoms with van der Waals surface area (Å²) >= 11 is 5.24. The maximum atomic E-state index is 5.64. The van der Waals surface area contributed by atoms with Crippen molar-refractivity contribution in [1.29, 1.82) is 0 Å². The Morgan fingerprint density at radius 3 is 2.17 bits per heavy atom. The molecule has 1 heterocycles. The van der Waals surface area contributed by atoms with E-state index in [1.165, 1.54) is 19.3 Å². The lowest BCUT2D eigenvalue weighted by atomic mass is 10.2. The van der Waals surface area contributed by atoms with Gasteiger partial charge in [-0.3, -0.25) is 0 Å². The van der Waals surface area contributed by atoms with E-state index in [0.29, 0.717) is 5.05 Å². The van der Waals surface area contributed by atoms with Crippen LogP contribution in [0.25, 0.3) is 0 Å². The van der Waals surface area contributed by atoms with Gasteiger partial charge >= 0.3 is 0 Å². The first-order chi connectivity index (χ1) is 8.36. The second-order valence-electron chi connectivity index (χ2n) is 3.73. The van der Waals surface area contributed by atoms with Crippen LogP contribution in [0.15, 0.2) is 30.3 Å².